The van der Waals surface area contributed by atoms with E-state index in [1.54, 1.807) is 24.3 Å². The Morgan fingerprint density at radius 2 is 1.92 bits per heavy atom. The van der Waals surface area contributed by atoms with E-state index in [2.05, 4.69) is 35.3 Å². The van der Waals surface area contributed by atoms with Crippen molar-refractivity contribution in [3.63, 3.8) is 0 Å². The Labute approximate surface area is 290 Å². The number of rotatable bonds is 8. The van der Waals surface area contributed by atoms with E-state index in [1.165, 1.54) is 36.2 Å². The number of hydrogen-bond acceptors (Lipinski definition) is 7. The van der Waals surface area contributed by atoms with Crippen molar-refractivity contribution in [3.8, 4) is 22.5 Å². The summed E-state index contributed by atoms with van der Waals surface area (Å²) in [5.41, 5.74) is 2.79. The van der Waals surface area contributed by atoms with Crippen LogP contribution in [0.2, 0.25) is 30.7 Å². The van der Waals surface area contributed by atoms with Crippen LogP contribution >= 0.6 is 11.6 Å². The Balaban J connectivity index is 1.66. The van der Waals surface area contributed by atoms with Gasteiger partial charge in [-0.15, -0.1) is 0 Å². The maximum atomic E-state index is 14.9. The molecular weight excluding hydrogens is 667 g/mol. The largest absolute Gasteiger partial charge is 0.453 e. The second-order valence-corrected chi connectivity index (χ2v) is 19.5. The highest BCUT2D eigenvalue weighted by atomic mass is 35.5. The van der Waals surface area contributed by atoms with Crippen LogP contribution < -0.4 is 16.2 Å². The summed E-state index contributed by atoms with van der Waals surface area (Å²) in [4.78, 5) is 48.8. The van der Waals surface area contributed by atoms with Gasteiger partial charge in [0.05, 0.1) is 41.6 Å². The second kappa shape index (κ2) is 15.1. The molecule has 3 heterocycles. The highest BCUT2D eigenvalue weighted by Gasteiger charge is 2.29. The number of imidazole rings is 1. The minimum absolute atomic E-state index is 0.0615. The Hall–Kier alpha value is -4.33. The lowest BCUT2D eigenvalue weighted by atomic mass is 9.99. The summed E-state index contributed by atoms with van der Waals surface area (Å²) in [5, 5.41) is 5.64. The van der Waals surface area contributed by atoms with Gasteiger partial charge in [0.15, 0.2) is 5.82 Å². The zero-order valence-corrected chi connectivity index (χ0v) is 30.4. The number of nitrogens with zero attached hydrogens (tertiary/aromatic N) is 4. The molecule has 0 saturated heterocycles. The van der Waals surface area contributed by atoms with Crippen LogP contribution in [0.4, 0.5) is 20.6 Å². The molecule has 1 aliphatic rings. The number of anilines is 2. The predicted octanol–water partition coefficient (Wildman–Crippen LogP) is 7.71. The maximum Gasteiger partial charge on any atom is 0.411 e. The molecule has 0 radical (unpaired) electrons. The lowest BCUT2D eigenvalue weighted by Gasteiger charge is -2.23. The van der Waals surface area contributed by atoms with Gasteiger partial charge in [0.1, 0.15) is 12.6 Å². The number of aromatic nitrogens is 4. The van der Waals surface area contributed by atoms with E-state index in [0.717, 1.165) is 11.7 Å². The number of carbonyl (C=O) groups is 2. The number of benzene rings is 2. The van der Waals surface area contributed by atoms with Crippen molar-refractivity contribution in [2.75, 3.05) is 24.4 Å². The molecule has 260 valence electrons. The molecule has 11 nitrogen and oxygen atoms in total. The van der Waals surface area contributed by atoms with Crippen molar-refractivity contribution in [3.05, 3.63) is 81.5 Å². The molecule has 2 amide bonds. The Morgan fingerprint density at radius 3 is 2.63 bits per heavy atom. The molecule has 49 heavy (non-hydrogen) atoms. The van der Waals surface area contributed by atoms with Crippen LogP contribution in [0.1, 0.15) is 43.7 Å². The van der Waals surface area contributed by atoms with Gasteiger partial charge in [-0.2, -0.15) is 0 Å². The fraction of sp³-hybridized carbons (Fsp3) is 0.400. The summed E-state index contributed by atoms with van der Waals surface area (Å²) in [6, 6.07) is 11.4. The normalized spacial score (nSPS) is 16.6. The zero-order valence-electron chi connectivity index (χ0n) is 28.6. The van der Waals surface area contributed by atoms with Crippen molar-refractivity contribution in [1.82, 2.24) is 19.1 Å². The first-order chi connectivity index (χ1) is 23.3. The number of hydrogen-bond donors (Lipinski definition) is 2. The molecule has 4 aromatic rings. The lowest BCUT2D eigenvalue weighted by Crippen LogP contribution is -2.29. The van der Waals surface area contributed by atoms with Crippen LogP contribution in [0, 0.1) is 18.7 Å². The monoisotopic (exact) mass is 708 g/mol. The quantitative estimate of drug-likeness (QED) is 0.142. The molecule has 2 bridgehead atoms. The minimum atomic E-state index is -1.37. The third-order valence-corrected chi connectivity index (χ3v) is 10.7. The number of nitrogens with one attached hydrogen (secondary N) is 2. The molecule has 2 aromatic carbocycles. The smallest absolute Gasteiger partial charge is 0.411 e. The molecule has 5 rings (SSSR count). The van der Waals surface area contributed by atoms with E-state index in [9.17, 15) is 18.8 Å². The summed E-state index contributed by atoms with van der Waals surface area (Å²) in [6.45, 7) is 11.4. The van der Waals surface area contributed by atoms with Gasteiger partial charge in [0, 0.05) is 49.2 Å². The third-order valence-electron chi connectivity index (χ3n) is 8.69. The van der Waals surface area contributed by atoms with E-state index >= 15 is 0 Å². The molecular formula is C35H42ClFN6O5Si. The molecule has 0 aliphatic carbocycles. The number of halogens is 2. The minimum Gasteiger partial charge on any atom is -0.453 e. The van der Waals surface area contributed by atoms with E-state index in [4.69, 9.17) is 26.1 Å². The molecule has 0 unspecified atom stereocenters. The summed E-state index contributed by atoms with van der Waals surface area (Å²) in [5.74, 6) is -0.605. The Morgan fingerprint density at radius 1 is 1.14 bits per heavy atom. The number of methoxy groups -OCH3 is 1. The summed E-state index contributed by atoms with van der Waals surface area (Å²) in [7, 11) is -0.0929. The first-order valence-electron chi connectivity index (χ1n) is 16.2. The lowest BCUT2D eigenvalue weighted by molar-refractivity contribution is -0.119. The first kappa shape index (κ1) is 36.0. The number of amides is 2. The van der Waals surface area contributed by atoms with E-state index in [0.29, 0.717) is 54.3 Å². The summed E-state index contributed by atoms with van der Waals surface area (Å²) in [6.07, 6.45) is 2.38. The summed E-state index contributed by atoms with van der Waals surface area (Å²) >= 11 is 6.01. The molecule has 14 heteroatoms. The fourth-order valence-corrected chi connectivity index (χ4v) is 6.68. The van der Waals surface area contributed by atoms with Crippen LogP contribution in [-0.2, 0) is 21.0 Å². The van der Waals surface area contributed by atoms with Crippen molar-refractivity contribution < 1.29 is 23.5 Å². The highest BCUT2D eigenvalue weighted by Crippen LogP contribution is 2.37. The van der Waals surface area contributed by atoms with Gasteiger partial charge in [0.2, 0.25) is 5.91 Å². The third kappa shape index (κ3) is 8.28. The standard InChI is InChI=1S/C35H42ClFN6O5Si/c1-21-9-7-12-29(42-19-38-27(18-30(42)44)24-10-8-11-26(36)31(24)37)33-41-32(22(2)43(33)20-48-15-16-49(4,5)6)25-14-13-23(39-35(46)47-3)17-28(25)40-34(21)45/h8,10-11,13-14,17-19,21,29H,7,9,12,15-16,20H2,1-6H3,(H,39,46)(H,40,45)/t21-,29+/m1/s1. The number of ether oxygens (including phenoxy) is 2. The van der Waals surface area contributed by atoms with Gasteiger partial charge in [-0.05, 0) is 56.1 Å². The van der Waals surface area contributed by atoms with E-state index in [1.807, 2.05) is 18.4 Å². The average Bonchev–Trinajstić information content (AvgIpc) is 3.37. The molecule has 0 spiro atoms. The average molecular weight is 709 g/mol. The number of fused-ring (bicyclic) bond motifs is 4. The van der Waals surface area contributed by atoms with Gasteiger partial charge in [-0.3, -0.25) is 19.5 Å². The highest BCUT2D eigenvalue weighted by molar-refractivity contribution is 6.76. The van der Waals surface area contributed by atoms with Crippen LogP contribution in [0.25, 0.3) is 22.5 Å². The Bertz CT molecular complexity index is 1920. The van der Waals surface area contributed by atoms with Gasteiger partial charge in [-0.25, -0.2) is 19.2 Å². The Kier molecular flexibility index (Phi) is 11.0. The predicted molar refractivity (Wildman–Crippen MR) is 191 cm³/mol. The molecule has 2 aromatic heterocycles. The molecule has 2 atom stereocenters. The first-order valence-corrected chi connectivity index (χ1v) is 20.3. The van der Waals surface area contributed by atoms with Crippen LogP contribution in [0.15, 0.2) is 53.6 Å². The number of carbonyl (C=O) groups excluding carboxylic acids is 2. The van der Waals surface area contributed by atoms with Crippen molar-refractivity contribution >= 4 is 43.1 Å². The van der Waals surface area contributed by atoms with Crippen LogP contribution in [0.5, 0.6) is 0 Å². The molecule has 0 fully saturated rings. The SMILES string of the molecule is COC(=O)Nc1ccc2c(c1)NC(=O)[C@H](C)CCC[C@H](n1cnc(-c3cccc(Cl)c3F)cc1=O)c1nc-2c(C)n1COCC[Si](C)(C)C. The van der Waals surface area contributed by atoms with E-state index < -0.39 is 26.0 Å². The molecule has 0 saturated carbocycles. The van der Waals surface area contributed by atoms with Crippen molar-refractivity contribution in [2.45, 2.75) is 71.6 Å². The topological polar surface area (TPSA) is 129 Å². The fourth-order valence-electron chi connectivity index (χ4n) is 5.75. The van der Waals surface area contributed by atoms with E-state index in [-0.39, 0.29) is 40.4 Å². The van der Waals surface area contributed by atoms with Crippen molar-refractivity contribution in [2.24, 2.45) is 5.92 Å². The van der Waals surface area contributed by atoms with Gasteiger partial charge in [-0.1, -0.05) is 50.7 Å². The molecule has 2 N–H and O–H groups in total. The van der Waals surface area contributed by atoms with Gasteiger partial charge >= 0.3 is 6.09 Å². The maximum absolute atomic E-state index is 14.9. The van der Waals surface area contributed by atoms with Gasteiger partial charge < -0.3 is 19.4 Å². The van der Waals surface area contributed by atoms with Crippen molar-refractivity contribution in [1.29, 1.82) is 0 Å². The van der Waals surface area contributed by atoms with Crippen LogP contribution in [-0.4, -0.2) is 52.9 Å². The summed E-state index contributed by atoms with van der Waals surface area (Å²) < 4.78 is 29.4. The molecule has 1 aliphatic heterocycles. The second-order valence-electron chi connectivity index (χ2n) is 13.5. The van der Waals surface area contributed by atoms with Crippen LogP contribution in [0.3, 0.4) is 0 Å². The van der Waals surface area contributed by atoms with Gasteiger partial charge in [0.25, 0.3) is 5.56 Å². The zero-order chi connectivity index (χ0) is 35.5.